The first-order chi connectivity index (χ1) is 14.8. The van der Waals surface area contributed by atoms with E-state index in [1.165, 1.54) is 10.9 Å². The first-order valence-electron chi connectivity index (χ1n) is 9.92. The summed E-state index contributed by atoms with van der Waals surface area (Å²) in [4.78, 5) is 22.3. The molecule has 172 valence electrons. The van der Waals surface area contributed by atoms with Crippen LogP contribution in [0.4, 0.5) is 5.82 Å². The van der Waals surface area contributed by atoms with Gasteiger partial charge >= 0.3 is 7.60 Å². The maximum atomic E-state index is 11.5. The minimum Gasteiger partial charge on any atom is -0.387 e. The normalized spacial score (nSPS) is 28.9. The second-order valence-corrected chi connectivity index (χ2v) is 9.89. The van der Waals surface area contributed by atoms with E-state index in [2.05, 4.69) is 24.8 Å². The first-order valence-corrected chi connectivity index (χ1v) is 12.1. The molecule has 0 amide bonds. The average molecular weight is 478 g/mol. The average Bonchev–Trinajstić information content (AvgIpc) is 3.44. The minimum atomic E-state index is -3.86. The number of halogens is 1. The van der Waals surface area contributed by atoms with Gasteiger partial charge in [-0.3, -0.25) is 9.13 Å². The van der Waals surface area contributed by atoms with Crippen LogP contribution in [0.1, 0.15) is 31.9 Å². The van der Waals surface area contributed by atoms with Crippen molar-refractivity contribution in [1.29, 1.82) is 0 Å². The van der Waals surface area contributed by atoms with Crippen LogP contribution in [0.3, 0.4) is 0 Å². The highest BCUT2D eigenvalue weighted by Gasteiger charge is 2.44. The Morgan fingerprint density at radius 1 is 1.32 bits per heavy atom. The molecular formula is C17H25ClN5O7P. The molecule has 2 aromatic heterocycles. The molecule has 1 unspecified atom stereocenters. The molecule has 1 aliphatic heterocycles. The number of anilines is 1. The number of aliphatic hydroxyl groups is 2. The van der Waals surface area contributed by atoms with E-state index in [1.54, 1.807) is 0 Å². The maximum absolute atomic E-state index is 11.5. The van der Waals surface area contributed by atoms with Gasteiger partial charge in [-0.15, -0.1) is 0 Å². The highest BCUT2D eigenvalue weighted by Crippen LogP contribution is 2.41. The zero-order chi connectivity index (χ0) is 22.2. The third-order valence-corrected chi connectivity index (χ3v) is 6.77. The van der Waals surface area contributed by atoms with Crippen LogP contribution in [0.2, 0.25) is 5.28 Å². The molecule has 1 saturated carbocycles. The van der Waals surface area contributed by atoms with Gasteiger partial charge in [0.15, 0.2) is 23.2 Å². The lowest BCUT2D eigenvalue weighted by Crippen LogP contribution is -2.34. The summed E-state index contributed by atoms with van der Waals surface area (Å²) in [6.07, 6.45) is 0.672. The van der Waals surface area contributed by atoms with E-state index in [4.69, 9.17) is 21.1 Å². The summed E-state index contributed by atoms with van der Waals surface area (Å²) >= 11 is 6.13. The molecule has 4 rings (SSSR count). The Morgan fingerprint density at radius 3 is 2.77 bits per heavy atom. The molecule has 2 aromatic rings. The number of ether oxygens (including phenoxy) is 2. The summed E-state index contributed by atoms with van der Waals surface area (Å²) in [5, 5.41) is 24.3. The molecule has 0 spiro atoms. The van der Waals surface area contributed by atoms with Crippen LogP contribution in [0.15, 0.2) is 6.33 Å². The standard InChI is InChI=1S/C17H25ClN5O7P/c1-28-31(26,27)8-29-6-10-12(24)13(25)16(30-10)23-7-19-11-14(20-9-4-2-3-5-9)21-17(18)22-15(11)23/h7,9-10,12-13,16,24-25H,2-6,8H2,1H3,(H,26,27)(H,20,21,22)/t10-,12-,13-,16-/m1/s1. The zero-order valence-electron chi connectivity index (χ0n) is 16.8. The zero-order valence-corrected chi connectivity index (χ0v) is 18.4. The predicted molar refractivity (Wildman–Crippen MR) is 110 cm³/mol. The summed E-state index contributed by atoms with van der Waals surface area (Å²) < 4.78 is 28.3. The van der Waals surface area contributed by atoms with Gasteiger partial charge in [0.05, 0.1) is 12.9 Å². The molecule has 2 fully saturated rings. The quantitative estimate of drug-likeness (QED) is 0.320. The molecule has 0 radical (unpaired) electrons. The number of nitrogens with one attached hydrogen (secondary N) is 1. The molecule has 1 aliphatic carbocycles. The lowest BCUT2D eigenvalue weighted by molar-refractivity contribution is -0.0614. The van der Waals surface area contributed by atoms with E-state index in [9.17, 15) is 19.7 Å². The van der Waals surface area contributed by atoms with Crippen LogP contribution >= 0.6 is 19.2 Å². The Balaban J connectivity index is 1.52. The summed E-state index contributed by atoms with van der Waals surface area (Å²) in [6.45, 7) is -0.223. The summed E-state index contributed by atoms with van der Waals surface area (Å²) in [5.74, 6) is 0.506. The van der Waals surface area contributed by atoms with Crippen molar-refractivity contribution in [2.24, 2.45) is 0 Å². The number of aliphatic hydroxyl groups excluding tert-OH is 2. The Kier molecular flexibility index (Phi) is 6.80. The predicted octanol–water partition coefficient (Wildman–Crippen LogP) is 1.26. The van der Waals surface area contributed by atoms with E-state index < -0.39 is 38.5 Å². The highest BCUT2D eigenvalue weighted by molar-refractivity contribution is 7.52. The number of rotatable bonds is 8. The number of nitrogens with zero attached hydrogens (tertiary/aromatic N) is 4. The number of fused-ring (bicyclic) bond motifs is 1. The van der Waals surface area contributed by atoms with Gasteiger partial charge < -0.3 is 34.4 Å². The van der Waals surface area contributed by atoms with Crippen molar-refractivity contribution in [2.45, 2.75) is 56.3 Å². The molecule has 4 N–H and O–H groups in total. The highest BCUT2D eigenvalue weighted by atomic mass is 35.5. The lowest BCUT2D eigenvalue weighted by atomic mass is 10.1. The molecule has 0 aromatic carbocycles. The lowest BCUT2D eigenvalue weighted by Gasteiger charge is -2.17. The van der Waals surface area contributed by atoms with Crippen molar-refractivity contribution in [2.75, 3.05) is 25.4 Å². The minimum absolute atomic E-state index is 0.0147. The van der Waals surface area contributed by atoms with Gasteiger partial charge in [0.25, 0.3) is 0 Å². The van der Waals surface area contributed by atoms with Crippen molar-refractivity contribution in [3.05, 3.63) is 11.6 Å². The van der Waals surface area contributed by atoms with E-state index in [0.29, 0.717) is 17.0 Å². The van der Waals surface area contributed by atoms with Gasteiger partial charge in [-0.1, -0.05) is 12.8 Å². The Labute approximate surface area is 183 Å². The Morgan fingerprint density at radius 2 is 2.06 bits per heavy atom. The molecule has 1 saturated heterocycles. The molecule has 31 heavy (non-hydrogen) atoms. The first kappa shape index (κ1) is 22.8. The Bertz CT molecular complexity index is 972. The monoisotopic (exact) mass is 477 g/mol. The third-order valence-electron chi connectivity index (χ3n) is 5.52. The van der Waals surface area contributed by atoms with Crippen LogP contribution in [-0.4, -0.2) is 79.0 Å². The van der Waals surface area contributed by atoms with E-state index in [0.717, 1.165) is 32.8 Å². The largest absolute Gasteiger partial charge is 0.387 e. The van der Waals surface area contributed by atoms with Crippen LogP contribution in [-0.2, 0) is 18.6 Å². The maximum Gasteiger partial charge on any atom is 0.353 e. The van der Waals surface area contributed by atoms with Gasteiger partial charge in [-0.25, -0.2) is 4.98 Å². The Hall–Kier alpha value is -1.37. The summed E-state index contributed by atoms with van der Waals surface area (Å²) in [6, 6.07) is 0.283. The molecule has 14 heteroatoms. The van der Waals surface area contributed by atoms with Crippen molar-refractivity contribution in [3.8, 4) is 0 Å². The number of aromatic nitrogens is 4. The van der Waals surface area contributed by atoms with Gasteiger partial charge in [0, 0.05) is 13.2 Å². The second-order valence-electron chi connectivity index (χ2n) is 7.66. The fraction of sp³-hybridized carbons (Fsp3) is 0.706. The van der Waals surface area contributed by atoms with Crippen molar-refractivity contribution in [1.82, 2.24) is 19.5 Å². The fourth-order valence-corrected chi connectivity index (χ4v) is 4.48. The van der Waals surface area contributed by atoms with Crippen LogP contribution in [0, 0.1) is 0 Å². The molecule has 12 nitrogen and oxygen atoms in total. The summed E-state index contributed by atoms with van der Waals surface area (Å²) in [7, 11) is -2.77. The van der Waals surface area contributed by atoms with E-state index in [-0.39, 0.29) is 17.9 Å². The van der Waals surface area contributed by atoms with Crippen LogP contribution < -0.4 is 5.32 Å². The molecule has 0 bridgehead atoms. The van der Waals surface area contributed by atoms with Gasteiger partial charge in [-0.05, 0) is 24.4 Å². The third kappa shape index (κ3) is 4.86. The van der Waals surface area contributed by atoms with Crippen molar-refractivity contribution >= 4 is 36.2 Å². The molecule has 3 heterocycles. The van der Waals surface area contributed by atoms with Crippen LogP contribution in [0.5, 0.6) is 0 Å². The van der Waals surface area contributed by atoms with E-state index >= 15 is 0 Å². The smallest absolute Gasteiger partial charge is 0.353 e. The number of hydrogen-bond acceptors (Lipinski definition) is 10. The fourth-order valence-electron chi connectivity index (χ4n) is 3.87. The van der Waals surface area contributed by atoms with Gasteiger partial charge in [-0.2, -0.15) is 9.97 Å². The summed E-state index contributed by atoms with van der Waals surface area (Å²) in [5.41, 5.74) is 0.820. The van der Waals surface area contributed by atoms with Crippen LogP contribution in [0.25, 0.3) is 11.2 Å². The topological polar surface area (TPSA) is 161 Å². The SMILES string of the molecule is COP(=O)(O)COC[C@H]1O[C@@H](n2cnc3c(NC4CCCC4)nc(Cl)nc32)[C@H](O)[C@@H]1O. The number of hydrogen-bond donors (Lipinski definition) is 4. The second kappa shape index (κ2) is 9.24. The van der Waals surface area contributed by atoms with Gasteiger partial charge in [0.2, 0.25) is 5.28 Å². The molecule has 2 aliphatic rings. The van der Waals surface area contributed by atoms with Crippen molar-refractivity contribution in [3.63, 3.8) is 0 Å². The van der Waals surface area contributed by atoms with Crippen molar-refractivity contribution < 1.29 is 33.7 Å². The molecule has 5 atom stereocenters. The van der Waals surface area contributed by atoms with Gasteiger partial charge in [0.1, 0.15) is 24.7 Å². The molecular weight excluding hydrogens is 453 g/mol. The van der Waals surface area contributed by atoms with E-state index in [1.807, 2.05) is 0 Å². The number of imidazole rings is 1.